The molecule has 3 aromatic carbocycles. The van der Waals surface area contributed by atoms with Gasteiger partial charge in [-0.1, -0.05) is 48.5 Å². The first-order valence-electron chi connectivity index (χ1n) is 5.84. The van der Waals surface area contributed by atoms with Gasteiger partial charge in [-0.3, -0.25) is 3.11 Å². The molecular weight excluding hydrogens is 333 g/mol. The lowest BCUT2D eigenvalue weighted by atomic mass is 10.1. The van der Waals surface area contributed by atoms with Gasteiger partial charge in [0.25, 0.3) is 0 Å². The molecule has 3 rings (SSSR count). The zero-order valence-corrected chi connectivity index (χ0v) is 11.9. The van der Waals surface area contributed by atoms with E-state index in [9.17, 15) is 0 Å². The third-order valence-electron chi connectivity index (χ3n) is 2.94. The summed E-state index contributed by atoms with van der Waals surface area (Å²) in [5, 5.41) is 2.55. The van der Waals surface area contributed by atoms with Crippen LogP contribution in [0, 0.1) is 0 Å². The lowest BCUT2D eigenvalue weighted by Crippen LogP contribution is -1.99. The number of hydrogen-bond donors (Lipinski definition) is 0. The van der Waals surface area contributed by atoms with E-state index in [4.69, 9.17) is 0 Å². The van der Waals surface area contributed by atoms with Crippen LogP contribution in [0.4, 0.5) is 11.4 Å². The molecule has 0 aromatic heterocycles. The molecule has 0 atom stereocenters. The van der Waals surface area contributed by atoms with Gasteiger partial charge >= 0.3 is 0 Å². The summed E-state index contributed by atoms with van der Waals surface area (Å²) in [7, 11) is 0. The van der Waals surface area contributed by atoms with Crippen molar-refractivity contribution < 1.29 is 0 Å². The number of hydrogen-bond acceptors (Lipinski definition) is 1. The Morgan fingerprint density at radius 1 is 0.611 bits per heavy atom. The Bertz CT molecular complexity index is 664. The van der Waals surface area contributed by atoms with Crippen molar-refractivity contribution in [3.05, 3.63) is 72.8 Å². The van der Waals surface area contributed by atoms with Crippen molar-refractivity contribution >= 4 is 45.0 Å². The number of halogens is 1. The molecule has 0 heterocycles. The van der Waals surface area contributed by atoms with Crippen LogP contribution in [0.25, 0.3) is 10.8 Å². The third-order valence-corrected chi connectivity index (χ3v) is 4.06. The summed E-state index contributed by atoms with van der Waals surface area (Å²) in [6.45, 7) is 0. The quantitative estimate of drug-likeness (QED) is 0.448. The van der Waals surface area contributed by atoms with Gasteiger partial charge in [-0.15, -0.1) is 0 Å². The highest BCUT2D eigenvalue weighted by Crippen LogP contribution is 2.31. The van der Waals surface area contributed by atoms with Crippen LogP contribution in [0.2, 0.25) is 0 Å². The standard InChI is InChI=1S/C16H12IN/c17-18(15-8-2-1-3-9-15)16-11-10-13-6-4-5-7-14(13)12-16/h1-12H. The van der Waals surface area contributed by atoms with Gasteiger partial charge in [0.05, 0.1) is 34.2 Å². The minimum Gasteiger partial charge on any atom is -0.283 e. The van der Waals surface area contributed by atoms with Gasteiger partial charge in [0, 0.05) is 0 Å². The second-order valence-corrected chi connectivity index (χ2v) is 5.11. The van der Waals surface area contributed by atoms with Crippen molar-refractivity contribution in [1.82, 2.24) is 0 Å². The number of anilines is 2. The Kier molecular flexibility index (Phi) is 3.19. The summed E-state index contributed by atoms with van der Waals surface area (Å²) in [4.78, 5) is 0. The maximum Gasteiger partial charge on any atom is 0.0646 e. The molecule has 3 aromatic rings. The van der Waals surface area contributed by atoms with Gasteiger partial charge in [0.2, 0.25) is 0 Å². The number of para-hydroxylation sites is 1. The molecule has 0 fully saturated rings. The molecule has 2 heteroatoms. The van der Waals surface area contributed by atoms with Gasteiger partial charge in [-0.25, -0.2) is 0 Å². The highest BCUT2D eigenvalue weighted by atomic mass is 127. The molecule has 1 nitrogen and oxygen atoms in total. The monoisotopic (exact) mass is 345 g/mol. The molecule has 0 saturated carbocycles. The van der Waals surface area contributed by atoms with E-state index in [2.05, 4.69) is 92.7 Å². The molecule has 0 amide bonds. The maximum absolute atomic E-state index is 2.34. The van der Waals surface area contributed by atoms with E-state index in [-0.39, 0.29) is 0 Å². The first-order chi connectivity index (χ1) is 8.84. The molecule has 88 valence electrons. The van der Waals surface area contributed by atoms with Gasteiger partial charge in [-0.2, -0.15) is 0 Å². The highest BCUT2D eigenvalue weighted by molar-refractivity contribution is 14.1. The van der Waals surface area contributed by atoms with Crippen molar-refractivity contribution in [2.75, 3.05) is 3.11 Å². The zero-order valence-electron chi connectivity index (χ0n) is 9.75. The topological polar surface area (TPSA) is 3.24 Å². The lowest BCUT2D eigenvalue weighted by Gasteiger charge is -2.17. The van der Waals surface area contributed by atoms with Gasteiger partial charge in [0.1, 0.15) is 0 Å². The van der Waals surface area contributed by atoms with Crippen molar-refractivity contribution in [3.8, 4) is 0 Å². The van der Waals surface area contributed by atoms with Crippen LogP contribution in [0.1, 0.15) is 0 Å². The van der Waals surface area contributed by atoms with Crippen LogP contribution < -0.4 is 3.11 Å². The number of benzene rings is 3. The van der Waals surface area contributed by atoms with Gasteiger partial charge in [0.15, 0.2) is 0 Å². The Labute approximate surface area is 121 Å². The minimum atomic E-state index is 1.19. The summed E-state index contributed by atoms with van der Waals surface area (Å²) < 4.78 is 2.17. The SMILES string of the molecule is IN(c1ccccc1)c1ccc2ccccc2c1. The highest BCUT2D eigenvalue weighted by Gasteiger charge is 2.05. The van der Waals surface area contributed by atoms with Crippen molar-refractivity contribution in [2.24, 2.45) is 0 Å². The zero-order chi connectivity index (χ0) is 12.4. The summed E-state index contributed by atoms with van der Waals surface area (Å²) in [6.07, 6.45) is 0. The normalized spacial score (nSPS) is 10.5. The van der Waals surface area contributed by atoms with E-state index in [1.54, 1.807) is 0 Å². The summed E-state index contributed by atoms with van der Waals surface area (Å²) in [5.74, 6) is 0. The number of nitrogens with zero attached hydrogens (tertiary/aromatic N) is 1. The average molecular weight is 345 g/mol. The first-order valence-corrected chi connectivity index (χ1v) is 6.81. The van der Waals surface area contributed by atoms with Crippen LogP contribution >= 0.6 is 22.9 Å². The Hall–Kier alpha value is -1.55. The predicted octanol–water partition coefficient (Wildman–Crippen LogP) is 5.33. The van der Waals surface area contributed by atoms with Crippen molar-refractivity contribution in [1.29, 1.82) is 0 Å². The first kappa shape index (κ1) is 11.5. The fourth-order valence-corrected chi connectivity index (χ4v) is 2.63. The van der Waals surface area contributed by atoms with Crippen LogP contribution in [-0.4, -0.2) is 0 Å². The van der Waals surface area contributed by atoms with E-state index in [0.717, 1.165) is 0 Å². The summed E-state index contributed by atoms with van der Waals surface area (Å²) in [6, 6.07) is 25.3. The van der Waals surface area contributed by atoms with E-state index in [1.807, 2.05) is 6.07 Å². The van der Waals surface area contributed by atoms with E-state index in [0.29, 0.717) is 0 Å². The van der Waals surface area contributed by atoms with E-state index in [1.165, 1.54) is 22.1 Å². The molecule has 0 unspecified atom stereocenters. The number of rotatable bonds is 2. The molecule has 0 spiro atoms. The van der Waals surface area contributed by atoms with Crippen molar-refractivity contribution in [2.45, 2.75) is 0 Å². The smallest absolute Gasteiger partial charge is 0.0646 e. The molecule has 18 heavy (non-hydrogen) atoms. The molecule has 0 aliphatic heterocycles. The second-order valence-electron chi connectivity index (χ2n) is 4.15. The molecule has 0 radical (unpaired) electrons. The van der Waals surface area contributed by atoms with Crippen LogP contribution in [-0.2, 0) is 0 Å². The minimum absolute atomic E-state index is 1.19. The van der Waals surface area contributed by atoms with Crippen molar-refractivity contribution in [3.63, 3.8) is 0 Å². The van der Waals surface area contributed by atoms with Crippen LogP contribution in [0.15, 0.2) is 72.8 Å². The van der Waals surface area contributed by atoms with Crippen LogP contribution in [0.3, 0.4) is 0 Å². The molecule has 0 bridgehead atoms. The largest absolute Gasteiger partial charge is 0.283 e. The van der Waals surface area contributed by atoms with E-state index >= 15 is 0 Å². The third kappa shape index (κ3) is 2.20. The fourth-order valence-electron chi connectivity index (χ4n) is 2.01. The maximum atomic E-state index is 2.34. The van der Waals surface area contributed by atoms with Crippen LogP contribution in [0.5, 0.6) is 0 Å². The summed E-state index contributed by atoms with van der Waals surface area (Å²) in [5.41, 5.74) is 2.38. The molecule has 0 N–H and O–H groups in total. The van der Waals surface area contributed by atoms with Gasteiger partial charge in [-0.05, 0) is 35.0 Å². The molecule has 0 aliphatic carbocycles. The predicted molar refractivity (Wildman–Crippen MR) is 86.5 cm³/mol. The number of fused-ring (bicyclic) bond motifs is 1. The molecule has 0 saturated heterocycles. The lowest BCUT2D eigenvalue weighted by molar-refractivity contribution is 1.49. The molecular formula is C16H12IN. The Balaban J connectivity index is 2.04. The average Bonchev–Trinajstić information content (AvgIpc) is 2.47. The summed E-state index contributed by atoms with van der Waals surface area (Å²) >= 11 is 2.34. The molecule has 0 aliphatic rings. The fraction of sp³-hybridized carbons (Fsp3) is 0. The second kappa shape index (κ2) is 4.98. The Morgan fingerprint density at radius 3 is 2.06 bits per heavy atom. The Morgan fingerprint density at radius 2 is 1.28 bits per heavy atom. The van der Waals surface area contributed by atoms with E-state index < -0.39 is 0 Å². The van der Waals surface area contributed by atoms with Gasteiger partial charge < -0.3 is 0 Å².